The molecule has 0 unspecified atom stereocenters. The van der Waals surface area contributed by atoms with Gasteiger partial charge in [0.05, 0.1) is 12.7 Å². The number of hydrogen-bond acceptors (Lipinski definition) is 3. The Hall–Kier alpha value is -1.55. The molecule has 1 aliphatic heterocycles. The lowest BCUT2D eigenvalue weighted by atomic mass is 9.64. The standard InChI is InChI=1S/C24H39NO3/c1-7-22(26)25(17-20-9-11-21(27-6)12-10-20)15-13-24(19(3)4)14-16-28-23(5,8-2)18-24/h9-12,19H,7-8,13-18H2,1-6H3/t23-,24-/m1/s1. The highest BCUT2D eigenvalue weighted by molar-refractivity contribution is 5.75. The molecule has 0 N–H and O–H groups in total. The second kappa shape index (κ2) is 9.78. The highest BCUT2D eigenvalue weighted by atomic mass is 16.5. The second-order valence-corrected chi connectivity index (χ2v) is 8.86. The molecule has 1 aliphatic rings. The lowest BCUT2D eigenvalue weighted by molar-refractivity contribution is -0.140. The molecule has 1 aromatic rings. The van der Waals surface area contributed by atoms with Gasteiger partial charge in [-0.05, 0) is 61.6 Å². The summed E-state index contributed by atoms with van der Waals surface area (Å²) >= 11 is 0. The Morgan fingerprint density at radius 1 is 1.25 bits per heavy atom. The van der Waals surface area contributed by atoms with Gasteiger partial charge < -0.3 is 14.4 Å². The maximum atomic E-state index is 12.6. The Bertz CT molecular complexity index is 627. The van der Waals surface area contributed by atoms with Gasteiger partial charge in [-0.1, -0.05) is 39.8 Å². The number of carbonyl (C=O) groups excluding carboxylic acids is 1. The number of rotatable bonds is 9. The summed E-state index contributed by atoms with van der Waals surface area (Å²) in [5, 5.41) is 0. The molecule has 1 saturated heterocycles. The van der Waals surface area contributed by atoms with Crippen LogP contribution >= 0.6 is 0 Å². The van der Waals surface area contributed by atoms with Crippen molar-refractivity contribution in [2.24, 2.45) is 11.3 Å². The second-order valence-electron chi connectivity index (χ2n) is 8.86. The molecule has 28 heavy (non-hydrogen) atoms. The monoisotopic (exact) mass is 389 g/mol. The fourth-order valence-corrected chi connectivity index (χ4v) is 4.43. The maximum absolute atomic E-state index is 12.6. The van der Waals surface area contributed by atoms with Gasteiger partial charge in [0.25, 0.3) is 0 Å². The van der Waals surface area contributed by atoms with Gasteiger partial charge >= 0.3 is 0 Å². The fourth-order valence-electron chi connectivity index (χ4n) is 4.43. The predicted octanol–water partition coefficient (Wildman–Crippen LogP) is 5.45. The van der Waals surface area contributed by atoms with E-state index in [1.807, 2.05) is 24.0 Å². The van der Waals surface area contributed by atoms with Gasteiger partial charge in [-0.15, -0.1) is 0 Å². The molecule has 0 bridgehead atoms. The summed E-state index contributed by atoms with van der Waals surface area (Å²) in [6.07, 6.45) is 4.76. The first-order valence-electron chi connectivity index (χ1n) is 10.8. The SMILES string of the molecule is CCC(=O)N(CC[C@@]1(C(C)C)CCO[C@](C)(CC)C1)Cc1ccc(OC)cc1. The average Bonchev–Trinajstić information content (AvgIpc) is 2.71. The van der Waals surface area contributed by atoms with E-state index in [9.17, 15) is 4.79 Å². The molecule has 4 heteroatoms. The molecule has 0 radical (unpaired) electrons. The van der Waals surface area contributed by atoms with Crippen molar-refractivity contribution in [1.29, 1.82) is 0 Å². The lowest BCUT2D eigenvalue weighted by Gasteiger charge is -2.49. The minimum Gasteiger partial charge on any atom is -0.497 e. The number of carbonyl (C=O) groups is 1. The van der Waals surface area contributed by atoms with Crippen molar-refractivity contribution in [1.82, 2.24) is 4.90 Å². The third kappa shape index (κ3) is 5.50. The third-order valence-electron chi connectivity index (χ3n) is 6.82. The molecule has 1 fully saturated rings. The van der Waals surface area contributed by atoms with Crippen LogP contribution in [-0.2, 0) is 16.1 Å². The quantitative estimate of drug-likeness (QED) is 0.564. The summed E-state index contributed by atoms with van der Waals surface area (Å²) in [6.45, 7) is 13.4. The van der Waals surface area contributed by atoms with E-state index in [-0.39, 0.29) is 16.9 Å². The largest absolute Gasteiger partial charge is 0.497 e. The van der Waals surface area contributed by atoms with Crippen molar-refractivity contribution in [3.05, 3.63) is 29.8 Å². The molecule has 158 valence electrons. The van der Waals surface area contributed by atoms with Crippen LogP contribution in [0.15, 0.2) is 24.3 Å². The number of nitrogens with zero attached hydrogens (tertiary/aromatic N) is 1. The molecule has 0 aliphatic carbocycles. The molecule has 1 heterocycles. The van der Waals surface area contributed by atoms with E-state index in [1.54, 1.807) is 7.11 Å². The third-order valence-corrected chi connectivity index (χ3v) is 6.82. The summed E-state index contributed by atoms with van der Waals surface area (Å²) in [5.74, 6) is 1.64. The number of amides is 1. The zero-order chi connectivity index (χ0) is 20.8. The van der Waals surface area contributed by atoms with Crippen molar-refractivity contribution in [2.75, 3.05) is 20.3 Å². The van der Waals surface area contributed by atoms with Gasteiger partial charge in [0.15, 0.2) is 0 Å². The lowest BCUT2D eigenvalue weighted by Crippen LogP contribution is -2.47. The highest BCUT2D eigenvalue weighted by Crippen LogP contribution is 2.48. The van der Waals surface area contributed by atoms with Gasteiger partial charge in [-0.2, -0.15) is 0 Å². The molecule has 0 saturated carbocycles. The van der Waals surface area contributed by atoms with Gasteiger partial charge in [-0.25, -0.2) is 0 Å². The van der Waals surface area contributed by atoms with Gasteiger partial charge in [0.2, 0.25) is 5.91 Å². The molecule has 0 spiro atoms. The van der Waals surface area contributed by atoms with E-state index < -0.39 is 0 Å². The van der Waals surface area contributed by atoms with Crippen LogP contribution in [0.3, 0.4) is 0 Å². The van der Waals surface area contributed by atoms with Gasteiger partial charge in [-0.3, -0.25) is 4.79 Å². The minimum absolute atomic E-state index is 0.0436. The molecule has 1 aromatic carbocycles. The zero-order valence-electron chi connectivity index (χ0n) is 18.7. The van der Waals surface area contributed by atoms with E-state index >= 15 is 0 Å². The van der Waals surface area contributed by atoms with Crippen LogP contribution in [0.25, 0.3) is 0 Å². The molecular weight excluding hydrogens is 350 g/mol. The van der Waals surface area contributed by atoms with Gasteiger partial charge in [0.1, 0.15) is 5.75 Å². The van der Waals surface area contributed by atoms with Crippen LogP contribution in [0.5, 0.6) is 5.75 Å². The molecule has 4 nitrogen and oxygen atoms in total. The molecule has 2 rings (SSSR count). The van der Waals surface area contributed by atoms with E-state index in [1.165, 1.54) is 0 Å². The maximum Gasteiger partial charge on any atom is 0.222 e. The summed E-state index contributed by atoms with van der Waals surface area (Å²) in [6, 6.07) is 8.03. The van der Waals surface area contributed by atoms with Crippen LogP contribution in [0.1, 0.15) is 72.3 Å². The van der Waals surface area contributed by atoms with Gasteiger partial charge in [0, 0.05) is 26.1 Å². The van der Waals surface area contributed by atoms with E-state index in [2.05, 4.69) is 39.8 Å². The molecular formula is C24H39NO3. The van der Waals surface area contributed by atoms with Crippen molar-refractivity contribution in [2.45, 2.75) is 78.9 Å². The van der Waals surface area contributed by atoms with Crippen molar-refractivity contribution in [3.63, 3.8) is 0 Å². The summed E-state index contributed by atoms with van der Waals surface area (Å²) in [5.41, 5.74) is 1.33. The molecule has 2 atom stereocenters. The first-order chi connectivity index (χ1) is 13.3. The zero-order valence-corrected chi connectivity index (χ0v) is 18.7. The minimum atomic E-state index is -0.0436. The molecule has 0 aromatic heterocycles. The number of benzene rings is 1. The highest BCUT2D eigenvalue weighted by Gasteiger charge is 2.44. The van der Waals surface area contributed by atoms with Crippen LogP contribution in [0, 0.1) is 11.3 Å². The van der Waals surface area contributed by atoms with E-state index in [0.717, 1.165) is 50.1 Å². The molecule has 1 amide bonds. The number of ether oxygens (including phenoxy) is 2. The van der Waals surface area contributed by atoms with E-state index in [0.29, 0.717) is 18.9 Å². The van der Waals surface area contributed by atoms with E-state index in [4.69, 9.17) is 9.47 Å². The Morgan fingerprint density at radius 2 is 1.93 bits per heavy atom. The first kappa shape index (κ1) is 22.7. The first-order valence-corrected chi connectivity index (χ1v) is 10.8. The topological polar surface area (TPSA) is 38.8 Å². The summed E-state index contributed by atoms with van der Waals surface area (Å²) < 4.78 is 11.4. The van der Waals surface area contributed by atoms with Crippen LogP contribution in [0.2, 0.25) is 0 Å². The average molecular weight is 390 g/mol. The normalized spacial score (nSPS) is 25.0. The van der Waals surface area contributed by atoms with Crippen molar-refractivity contribution in [3.8, 4) is 5.75 Å². The number of methoxy groups -OCH3 is 1. The number of hydrogen-bond donors (Lipinski definition) is 0. The Kier molecular flexibility index (Phi) is 7.94. The summed E-state index contributed by atoms with van der Waals surface area (Å²) in [4.78, 5) is 14.7. The van der Waals surface area contributed by atoms with Crippen LogP contribution in [0.4, 0.5) is 0 Å². The Labute approximate surface area is 171 Å². The smallest absolute Gasteiger partial charge is 0.222 e. The predicted molar refractivity (Wildman–Crippen MR) is 114 cm³/mol. The summed E-state index contributed by atoms with van der Waals surface area (Å²) in [7, 11) is 1.67. The Morgan fingerprint density at radius 3 is 2.46 bits per heavy atom. The van der Waals surface area contributed by atoms with Crippen molar-refractivity contribution < 1.29 is 14.3 Å². The van der Waals surface area contributed by atoms with Crippen molar-refractivity contribution >= 4 is 5.91 Å². The Balaban J connectivity index is 2.12. The van der Waals surface area contributed by atoms with Crippen LogP contribution in [-0.4, -0.2) is 36.7 Å². The fraction of sp³-hybridized carbons (Fsp3) is 0.708. The van der Waals surface area contributed by atoms with Crippen LogP contribution < -0.4 is 4.74 Å².